The van der Waals surface area contributed by atoms with Crippen molar-refractivity contribution in [2.45, 2.75) is 31.6 Å². The molecule has 0 atom stereocenters. The number of hydrogen-bond acceptors (Lipinski definition) is 5. The van der Waals surface area contributed by atoms with Crippen molar-refractivity contribution >= 4 is 11.8 Å². The number of aromatic amines is 1. The predicted octanol–water partition coefficient (Wildman–Crippen LogP) is 1.04. The Labute approximate surface area is 117 Å². The zero-order chi connectivity index (χ0) is 14.1. The number of hydrogen-bond donors (Lipinski definition) is 1. The van der Waals surface area contributed by atoms with Gasteiger partial charge in [-0.05, 0) is 25.7 Å². The summed E-state index contributed by atoms with van der Waals surface area (Å²) in [5.41, 5.74) is -0.0907. The molecule has 1 aliphatic carbocycles. The summed E-state index contributed by atoms with van der Waals surface area (Å²) in [4.78, 5) is 32.7. The highest BCUT2D eigenvalue weighted by Gasteiger charge is 2.29. The van der Waals surface area contributed by atoms with Crippen molar-refractivity contribution in [3.05, 3.63) is 22.2 Å². The molecular weight excluding hydrogens is 258 g/mol. The van der Waals surface area contributed by atoms with Gasteiger partial charge in [0.25, 0.3) is 5.56 Å². The standard InChI is InChI=1S/C14H19N3O3/c1-20-14(19)10-4-6-17(7-5-10)11-8-12(18)16-13(15-11)9-2-3-9/h8-10H,2-7H2,1H3,(H,15,16,18). The van der Waals surface area contributed by atoms with Crippen molar-refractivity contribution in [1.29, 1.82) is 0 Å². The molecule has 0 amide bonds. The molecule has 6 heteroatoms. The van der Waals surface area contributed by atoms with Crippen LogP contribution in [0.15, 0.2) is 10.9 Å². The topological polar surface area (TPSA) is 75.3 Å². The van der Waals surface area contributed by atoms with Gasteiger partial charge in [-0.3, -0.25) is 9.59 Å². The molecule has 2 heterocycles. The van der Waals surface area contributed by atoms with Gasteiger partial charge < -0.3 is 14.6 Å². The number of carbonyl (C=O) groups excluding carboxylic acids is 1. The predicted molar refractivity (Wildman–Crippen MR) is 73.8 cm³/mol. The molecule has 1 saturated carbocycles. The van der Waals surface area contributed by atoms with E-state index in [2.05, 4.69) is 14.9 Å². The smallest absolute Gasteiger partial charge is 0.308 e. The third kappa shape index (κ3) is 2.69. The molecule has 2 aliphatic rings. The Bertz CT molecular complexity index is 557. The number of piperidine rings is 1. The van der Waals surface area contributed by atoms with Crippen LogP contribution in [0.3, 0.4) is 0 Å². The highest BCUT2D eigenvalue weighted by Crippen LogP contribution is 2.38. The Morgan fingerprint density at radius 2 is 2.05 bits per heavy atom. The van der Waals surface area contributed by atoms with Crippen LogP contribution >= 0.6 is 0 Å². The van der Waals surface area contributed by atoms with E-state index in [4.69, 9.17) is 4.74 Å². The van der Waals surface area contributed by atoms with Crippen molar-refractivity contribution < 1.29 is 9.53 Å². The minimum atomic E-state index is -0.137. The third-order valence-electron chi connectivity index (χ3n) is 4.06. The summed E-state index contributed by atoms with van der Waals surface area (Å²) in [6.45, 7) is 1.47. The number of nitrogens with one attached hydrogen (secondary N) is 1. The molecule has 0 spiro atoms. The fourth-order valence-electron chi connectivity index (χ4n) is 2.69. The molecule has 1 aliphatic heterocycles. The Kier molecular flexibility index (Phi) is 3.46. The lowest BCUT2D eigenvalue weighted by molar-refractivity contribution is -0.146. The Hall–Kier alpha value is -1.85. The van der Waals surface area contributed by atoms with Crippen LogP contribution in [0.4, 0.5) is 5.82 Å². The first-order chi connectivity index (χ1) is 9.67. The highest BCUT2D eigenvalue weighted by atomic mass is 16.5. The first-order valence-corrected chi connectivity index (χ1v) is 7.11. The number of rotatable bonds is 3. The van der Waals surface area contributed by atoms with E-state index in [0.29, 0.717) is 5.92 Å². The van der Waals surface area contributed by atoms with Crippen LogP contribution in [0.2, 0.25) is 0 Å². The van der Waals surface area contributed by atoms with Crippen molar-refractivity contribution in [1.82, 2.24) is 9.97 Å². The Morgan fingerprint density at radius 1 is 1.35 bits per heavy atom. The van der Waals surface area contributed by atoms with Crippen molar-refractivity contribution in [3.8, 4) is 0 Å². The molecule has 6 nitrogen and oxygen atoms in total. The average molecular weight is 277 g/mol. The zero-order valence-corrected chi connectivity index (χ0v) is 11.6. The lowest BCUT2D eigenvalue weighted by atomic mass is 9.97. The summed E-state index contributed by atoms with van der Waals surface area (Å²) in [5.74, 6) is 1.81. The van der Waals surface area contributed by atoms with E-state index in [1.165, 1.54) is 7.11 Å². The molecule has 1 aromatic rings. The second kappa shape index (κ2) is 5.26. The second-order valence-corrected chi connectivity index (χ2v) is 5.55. The van der Waals surface area contributed by atoms with Crippen LogP contribution in [-0.4, -0.2) is 36.1 Å². The van der Waals surface area contributed by atoms with Gasteiger partial charge >= 0.3 is 5.97 Å². The number of aromatic nitrogens is 2. The van der Waals surface area contributed by atoms with Crippen LogP contribution < -0.4 is 10.5 Å². The van der Waals surface area contributed by atoms with Crippen LogP contribution in [-0.2, 0) is 9.53 Å². The number of nitrogens with zero attached hydrogens (tertiary/aromatic N) is 2. The minimum Gasteiger partial charge on any atom is -0.469 e. The maximum atomic E-state index is 11.7. The van der Waals surface area contributed by atoms with Gasteiger partial charge in [0, 0.05) is 25.1 Å². The molecule has 2 fully saturated rings. The second-order valence-electron chi connectivity index (χ2n) is 5.55. The van der Waals surface area contributed by atoms with Crippen molar-refractivity contribution in [2.75, 3.05) is 25.1 Å². The van der Waals surface area contributed by atoms with E-state index < -0.39 is 0 Å². The fourth-order valence-corrected chi connectivity index (χ4v) is 2.69. The summed E-state index contributed by atoms with van der Waals surface area (Å²) in [7, 11) is 1.43. The van der Waals surface area contributed by atoms with Gasteiger partial charge in [0.15, 0.2) is 0 Å². The van der Waals surface area contributed by atoms with E-state index in [1.54, 1.807) is 6.07 Å². The quantitative estimate of drug-likeness (QED) is 0.835. The molecule has 1 saturated heterocycles. The number of H-pyrrole nitrogens is 1. The lowest BCUT2D eigenvalue weighted by Crippen LogP contribution is -2.37. The van der Waals surface area contributed by atoms with Crippen LogP contribution in [0, 0.1) is 5.92 Å². The summed E-state index contributed by atoms with van der Waals surface area (Å²) >= 11 is 0. The first-order valence-electron chi connectivity index (χ1n) is 7.11. The maximum Gasteiger partial charge on any atom is 0.308 e. The van der Waals surface area contributed by atoms with Crippen LogP contribution in [0.25, 0.3) is 0 Å². The van der Waals surface area contributed by atoms with Crippen molar-refractivity contribution in [2.24, 2.45) is 5.92 Å². The summed E-state index contributed by atoms with van der Waals surface area (Å²) in [6, 6.07) is 1.55. The number of anilines is 1. The van der Waals surface area contributed by atoms with E-state index in [-0.39, 0.29) is 17.4 Å². The van der Waals surface area contributed by atoms with Gasteiger partial charge in [-0.15, -0.1) is 0 Å². The monoisotopic (exact) mass is 277 g/mol. The maximum absolute atomic E-state index is 11.7. The van der Waals surface area contributed by atoms with E-state index in [1.807, 2.05) is 0 Å². The molecule has 0 aromatic carbocycles. The summed E-state index contributed by atoms with van der Waals surface area (Å²) in [6.07, 6.45) is 3.72. The molecule has 0 unspecified atom stereocenters. The Morgan fingerprint density at radius 3 is 2.65 bits per heavy atom. The van der Waals surface area contributed by atoms with E-state index >= 15 is 0 Å². The SMILES string of the molecule is COC(=O)C1CCN(c2cc(=O)[nH]c(C3CC3)n2)CC1. The number of ether oxygens (including phenoxy) is 1. The van der Waals surface area contributed by atoms with Crippen LogP contribution in [0.5, 0.6) is 0 Å². The summed E-state index contributed by atoms with van der Waals surface area (Å²) in [5, 5.41) is 0. The number of methoxy groups -OCH3 is 1. The number of carbonyl (C=O) groups is 1. The third-order valence-corrected chi connectivity index (χ3v) is 4.06. The molecular formula is C14H19N3O3. The Balaban J connectivity index is 1.71. The molecule has 20 heavy (non-hydrogen) atoms. The average Bonchev–Trinajstić information content (AvgIpc) is 3.30. The number of esters is 1. The van der Waals surface area contributed by atoms with Gasteiger partial charge in [0.1, 0.15) is 11.6 Å². The zero-order valence-electron chi connectivity index (χ0n) is 11.6. The van der Waals surface area contributed by atoms with E-state index in [0.717, 1.165) is 50.4 Å². The van der Waals surface area contributed by atoms with Gasteiger partial charge in [0.05, 0.1) is 13.0 Å². The van der Waals surface area contributed by atoms with Gasteiger partial charge in [-0.1, -0.05) is 0 Å². The lowest BCUT2D eigenvalue weighted by Gasteiger charge is -2.31. The highest BCUT2D eigenvalue weighted by molar-refractivity contribution is 5.72. The molecule has 1 N–H and O–H groups in total. The first kappa shape index (κ1) is 13.1. The van der Waals surface area contributed by atoms with Gasteiger partial charge in [0.2, 0.25) is 0 Å². The summed E-state index contributed by atoms with van der Waals surface area (Å²) < 4.78 is 4.78. The van der Waals surface area contributed by atoms with Gasteiger partial charge in [-0.2, -0.15) is 0 Å². The molecule has 1 aromatic heterocycles. The molecule has 3 rings (SSSR count). The molecule has 108 valence electrons. The van der Waals surface area contributed by atoms with Gasteiger partial charge in [-0.25, -0.2) is 4.98 Å². The minimum absolute atomic E-state index is 0.0267. The van der Waals surface area contributed by atoms with Crippen molar-refractivity contribution in [3.63, 3.8) is 0 Å². The van der Waals surface area contributed by atoms with Crippen LogP contribution in [0.1, 0.15) is 37.4 Å². The largest absolute Gasteiger partial charge is 0.469 e. The molecule has 0 radical (unpaired) electrons. The fraction of sp³-hybridized carbons (Fsp3) is 0.643. The van der Waals surface area contributed by atoms with E-state index in [9.17, 15) is 9.59 Å². The molecule has 0 bridgehead atoms. The normalized spacial score (nSPS) is 19.9.